The summed E-state index contributed by atoms with van der Waals surface area (Å²) in [4.78, 5) is 11.9. The molecule has 1 aromatic carbocycles. The third-order valence-corrected chi connectivity index (χ3v) is 3.56. The van der Waals surface area contributed by atoms with E-state index in [2.05, 4.69) is 0 Å². The van der Waals surface area contributed by atoms with Gasteiger partial charge in [-0.1, -0.05) is 37.6 Å². The number of aliphatic hydroxyl groups excluding tert-OH is 1. The van der Waals surface area contributed by atoms with Gasteiger partial charge in [0.05, 0.1) is 18.6 Å². The van der Waals surface area contributed by atoms with Gasteiger partial charge in [0, 0.05) is 5.02 Å². The Bertz CT molecular complexity index is 443. The fourth-order valence-corrected chi connectivity index (χ4v) is 2.19. The summed E-state index contributed by atoms with van der Waals surface area (Å²) < 4.78 is 5.03. The Kier molecular flexibility index (Phi) is 5.83. The number of hydrogen-bond donors (Lipinski definition) is 1. The molecule has 0 aliphatic heterocycles. The minimum absolute atomic E-state index is 0.0193. The molecule has 0 saturated carbocycles. The number of halogens is 1. The molecule has 0 radical (unpaired) electrons. The topological polar surface area (TPSA) is 46.5 Å². The Labute approximate surface area is 119 Å². The first-order chi connectivity index (χ1) is 8.88. The smallest absolute Gasteiger partial charge is 0.312 e. The van der Waals surface area contributed by atoms with Crippen molar-refractivity contribution >= 4 is 17.6 Å². The van der Waals surface area contributed by atoms with E-state index in [-0.39, 0.29) is 11.9 Å². The molecule has 106 valence electrons. The van der Waals surface area contributed by atoms with Crippen molar-refractivity contribution in [2.45, 2.75) is 33.8 Å². The molecule has 1 N–H and O–H groups in total. The van der Waals surface area contributed by atoms with E-state index in [4.69, 9.17) is 16.3 Å². The fraction of sp³-hybridized carbons (Fsp3) is 0.533. The largest absolute Gasteiger partial charge is 0.466 e. The zero-order valence-corrected chi connectivity index (χ0v) is 12.6. The molecule has 4 heteroatoms. The van der Waals surface area contributed by atoms with Gasteiger partial charge in [-0.15, -0.1) is 0 Å². The molecule has 0 saturated heterocycles. The quantitative estimate of drug-likeness (QED) is 0.842. The van der Waals surface area contributed by atoms with E-state index in [0.29, 0.717) is 17.2 Å². The van der Waals surface area contributed by atoms with Gasteiger partial charge in [0.2, 0.25) is 0 Å². The molecule has 0 aliphatic carbocycles. The third kappa shape index (κ3) is 3.95. The van der Waals surface area contributed by atoms with Gasteiger partial charge in [-0.05, 0) is 37.0 Å². The zero-order chi connectivity index (χ0) is 14.6. The van der Waals surface area contributed by atoms with Crippen LogP contribution >= 0.6 is 11.6 Å². The Morgan fingerprint density at radius 2 is 2.05 bits per heavy atom. The Morgan fingerprint density at radius 3 is 2.53 bits per heavy atom. The van der Waals surface area contributed by atoms with Gasteiger partial charge in [-0.25, -0.2) is 0 Å². The minimum atomic E-state index is -0.905. The molecule has 2 unspecified atom stereocenters. The van der Waals surface area contributed by atoms with Crippen LogP contribution < -0.4 is 0 Å². The van der Waals surface area contributed by atoms with Crippen molar-refractivity contribution in [1.29, 1.82) is 0 Å². The van der Waals surface area contributed by atoms with E-state index >= 15 is 0 Å². The number of hydrogen-bond acceptors (Lipinski definition) is 3. The summed E-state index contributed by atoms with van der Waals surface area (Å²) in [5.41, 5.74) is 1.58. The molecule has 19 heavy (non-hydrogen) atoms. The van der Waals surface area contributed by atoms with E-state index in [0.717, 1.165) is 5.56 Å². The number of aliphatic hydroxyl groups is 1. The lowest BCUT2D eigenvalue weighted by Gasteiger charge is -2.25. The van der Waals surface area contributed by atoms with E-state index in [1.165, 1.54) is 0 Å². The highest BCUT2D eigenvalue weighted by molar-refractivity contribution is 6.31. The fourth-order valence-electron chi connectivity index (χ4n) is 2.00. The number of aryl methyl sites for hydroxylation is 1. The lowest BCUT2D eigenvalue weighted by molar-refractivity contribution is -0.154. The van der Waals surface area contributed by atoms with Crippen LogP contribution in [0.2, 0.25) is 5.02 Å². The molecule has 0 aromatic heterocycles. The number of benzene rings is 1. The van der Waals surface area contributed by atoms with Crippen molar-refractivity contribution in [3.8, 4) is 0 Å². The van der Waals surface area contributed by atoms with Crippen molar-refractivity contribution in [3.05, 3.63) is 34.3 Å². The lowest BCUT2D eigenvalue weighted by Crippen LogP contribution is -2.29. The molecule has 0 amide bonds. The molecule has 0 aliphatic rings. The first-order valence-electron chi connectivity index (χ1n) is 6.49. The van der Waals surface area contributed by atoms with Gasteiger partial charge in [-0.3, -0.25) is 4.79 Å². The van der Waals surface area contributed by atoms with Crippen LogP contribution in [-0.2, 0) is 9.53 Å². The summed E-state index contributed by atoms with van der Waals surface area (Å²) in [6.07, 6.45) is -0.905. The van der Waals surface area contributed by atoms with Crippen molar-refractivity contribution < 1.29 is 14.6 Å². The second-order valence-corrected chi connectivity index (χ2v) is 5.38. The summed E-state index contributed by atoms with van der Waals surface area (Å²) in [6, 6.07) is 5.33. The SMILES string of the molecule is CCOC(=O)C(C(C)C)C(O)c1ccc(C)c(Cl)c1. The van der Waals surface area contributed by atoms with Crippen molar-refractivity contribution in [3.63, 3.8) is 0 Å². The molecule has 0 fully saturated rings. The Morgan fingerprint density at radius 1 is 1.42 bits per heavy atom. The average Bonchev–Trinajstić information content (AvgIpc) is 2.32. The van der Waals surface area contributed by atoms with Crippen LogP contribution in [-0.4, -0.2) is 17.7 Å². The molecule has 1 rings (SSSR count). The average molecular weight is 285 g/mol. The second-order valence-electron chi connectivity index (χ2n) is 4.98. The lowest BCUT2D eigenvalue weighted by atomic mass is 9.86. The molecular formula is C15H21ClO3. The van der Waals surface area contributed by atoms with Crippen LogP contribution in [0, 0.1) is 18.8 Å². The van der Waals surface area contributed by atoms with Crippen LogP contribution in [0.5, 0.6) is 0 Å². The predicted octanol–water partition coefficient (Wildman–Crippen LogP) is 3.52. The van der Waals surface area contributed by atoms with Crippen LogP contribution in [0.3, 0.4) is 0 Å². The van der Waals surface area contributed by atoms with Crippen molar-refractivity contribution in [2.24, 2.45) is 11.8 Å². The van der Waals surface area contributed by atoms with Gasteiger partial charge in [0.25, 0.3) is 0 Å². The summed E-state index contributed by atoms with van der Waals surface area (Å²) >= 11 is 6.06. The van der Waals surface area contributed by atoms with Gasteiger partial charge < -0.3 is 9.84 Å². The summed E-state index contributed by atoms with van der Waals surface area (Å²) in [6.45, 7) is 7.73. The summed E-state index contributed by atoms with van der Waals surface area (Å²) in [5.74, 6) is -0.977. The van der Waals surface area contributed by atoms with Crippen LogP contribution in [0.25, 0.3) is 0 Å². The van der Waals surface area contributed by atoms with E-state index in [9.17, 15) is 9.90 Å². The monoisotopic (exact) mass is 284 g/mol. The molecule has 0 spiro atoms. The number of esters is 1. The van der Waals surface area contributed by atoms with Gasteiger partial charge in [0.1, 0.15) is 0 Å². The molecule has 1 aromatic rings. The first-order valence-corrected chi connectivity index (χ1v) is 6.87. The molecular weight excluding hydrogens is 264 g/mol. The van der Waals surface area contributed by atoms with E-state index in [1.807, 2.05) is 26.8 Å². The maximum absolute atomic E-state index is 11.9. The zero-order valence-electron chi connectivity index (χ0n) is 11.8. The van der Waals surface area contributed by atoms with Crippen LogP contribution in [0.1, 0.15) is 38.0 Å². The van der Waals surface area contributed by atoms with Crippen LogP contribution in [0.15, 0.2) is 18.2 Å². The Balaban J connectivity index is 3.01. The molecule has 3 nitrogen and oxygen atoms in total. The van der Waals surface area contributed by atoms with Crippen molar-refractivity contribution in [2.75, 3.05) is 6.61 Å². The maximum Gasteiger partial charge on any atom is 0.312 e. The highest BCUT2D eigenvalue weighted by Gasteiger charge is 2.32. The standard InChI is InChI=1S/C15H21ClO3/c1-5-19-15(18)13(9(2)3)14(17)11-7-6-10(4)12(16)8-11/h6-9,13-14,17H,5H2,1-4H3. The van der Waals surface area contributed by atoms with E-state index in [1.54, 1.807) is 19.1 Å². The normalized spacial score (nSPS) is 14.3. The maximum atomic E-state index is 11.9. The van der Waals surface area contributed by atoms with Gasteiger partial charge in [0.15, 0.2) is 0 Å². The predicted molar refractivity (Wildman–Crippen MR) is 76.1 cm³/mol. The highest BCUT2D eigenvalue weighted by atomic mass is 35.5. The van der Waals surface area contributed by atoms with Gasteiger partial charge >= 0.3 is 5.97 Å². The van der Waals surface area contributed by atoms with Crippen molar-refractivity contribution in [1.82, 2.24) is 0 Å². The van der Waals surface area contributed by atoms with Gasteiger partial charge in [-0.2, -0.15) is 0 Å². The van der Waals surface area contributed by atoms with Crippen LogP contribution in [0.4, 0.5) is 0 Å². The number of carbonyl (C=O) groups excluding carboxylic acids is 1. The number of carbonyl (C=O) groups is 1. The summed E-state index contributed by atoms with van der Waals surface area (Å²) in [5, 5.41) is 11.0. The number of ether oxygens (including phenoxy) is 1. The van der Waals surface area contributed by atoms with E-state index < -0.39 is 12.0 Å². The summed E-state index contributed by atoms with van der Waals surface area (Å²) in [7, 11) is 0. The number of rotatable bonds is 5. The molecule has 0 bridgehead atoms. The Hall–Kier alpha value is -1.06. The first kappa shape index (κ1) is 16.0. The molecule has 2 atom stereocenters. The third-order valence-electron chi connectivity index (χ3n) is 3.15. The second kappa shape index (κ2) is 6.92. The highest BCUT2D eigenvalue weighted by Crippen LogP contribution is 2.31. The minimum Gasteiger partial charge on any atom is -0.466 e. The molecule has 0 heterocycles.